The van der Waals surface area contributed by atoms with Crippen LogP contribution < -0.4 is 0 Å². The normalized spacial score (nSPS) is 22.7. The zero-order valence-corrected chi connectivity index (χ0v) is 13.9. The second kappa shape index (κ2) is 10.0. The van der Waals surface area contributed by atoms with Crippen LogP contribution in [-0.2, 0) is 19.1 Å². The average molecular weight is 320 g/mol. The van der Waals surface area contributed by atoms with Gasteiger partial charge in [0.2, 0.25) is 0 Å². The number of allylic oxidation sites excluding steroid dienone is 3. The minimum Gasteiger partial charge on any atom is -0.465 e. The maximum atomic E-state index is 11.6. The summed E-state index contributed by atoms with van der Waals surface area (Å²) in [7, 11) is 0. The molecule has 0 aromatic rings. The highest BCUT2D eigenvalue weighted by Gasteiger charge is 2.39. The Morgan fingerprint density at radius 1 is 1.00 bits per heavy atom. The van der Waals surface area contributed by atoms with Crippen LogP contribution in [0.5, 0.6) is 0 Å². The van der Waals surface area contributed by atoms with Crippen LogP contribution in [0.1, 0.15) is 44.9 Å². The molecule has 1 atom stereocenters. The fourth-order valence-corrected chi connectivity index (χ4v) is 2.99. The maximum absolute atomic E-state index is 11.6. The lowest BCUT2D eigenvalue weighted by molar-refractivity contribution is -0.161. The SMILES string of the molecule is C=CCC1(CC=C)CCCOC1=O.C=CCC1CCCOC1=O. The summed E-state index contributed by atoms with van der Waals surface area (Å²) in [4.78, 5) is 22.5. The van der Waals surface area contributed by atoms with Gasteiger partial charge in [0.1, 0.15) is 0 Å². The second-order valence-corrected chi connectivity index (χ2v) is 6.04. The lowest BCUT2D eigenvalue weighted by atomic mass is 9.76. The van der Waals surface area contributed by atoms with Crippen molar-refractivity contribution in [2.75, 3.05) is 13.2 Å². The third-order valence-corrected chi connectivity index (χ3v) is 4.26. The van der Waals surface area contributed by atoms with E-state index in [0.29, 0.717) is 26.1 Å². The first-order valence-corrected chi connectivity index (χ1v) is 8.26. The summed E-state index contributed by atoms with van der Waals surface area (Å²) in [5.41, 5.74) is -0.359. The second-order valence-electron chi connectivity index (χ2n) is 6.04. The van der Waals surface area contributed by atoms with Crippen molar-refractivity contribution >= 4 is 11.9 Å². The van der Waals surface area contributed by atoms with Gasteiger partial charge in [-0.1, -0.05) is 18.2 Å². The minimum absolute atomic E-state index is 0.0499. The number of carbonyl (C=O) groups is 2. The Morgan fingerprint density at radius 2 is 1.65 bits per heavy atom. The number of cyclic esters (lactones) is 2. The molecule has 0 amide bonds. The third kappa shape index (κ3) is 5.70. The lowest BCUT2D eigenvalue weighted by Gasteiger charge is -2.33. The van der Waals surface area contributed by atoms with E-state index in [2.05, 4.69) is 19.7 Å². The molecule has 2 aliphatic heterocycles. The monoisotopic (exact) mass is 320 g/mol. The summed E-state index contributed by atoms with van der Waals surface area (Å²) in [5, 5.41) is 0. The van der Waals surface area contributed by atoms with E-state index < -0.39 is 0 Å². The summed E-state index contributed by atoms with van der Waals surface area (Å²) in [6.45, 7) is 12.1. The number of rotatable bonds is 6. The molecule has 4 nitrogen and oxygen atoms in total. The van der Waals surface area contributed by atoms with E-state index in [1.807, 2.05) is 0 Å². The van der Waals surface area contributed by atoms with E-state index in [9.17, 15) is 9.59 Å². The van der Waals surface area contributed by atoms with Crippen molar-refractivity contribution in [1.29, 1.82) is 0 Å². The van der Waals surface area contributed by atoms with Crippen LogP contribution in [-0.4, -0.2) is 25.2 Å². The standard InChI is InChI=1S/C11H16O2.C8H12O2/c1-3-6-11(7-4-2)8-5-9-13-10(11)12;1-2-4-7-5-3-6-10-8(7)9/h3-4H,1-2,5-9H2;2,7H,1,3-6H2. The van der Waals surface area contributed by atoms with E-state index in [1.165, 1.54) is 0 Å². The van der Waals surface area contributed by atoms with Crippen molar-refractivity contribution in [1.82, 2.24) is 0 Å². The summed E-state index contributed by atoms with van der Waals surface area (Å²) >= 11 is 0. The quantitative estimate of drug-likeness (QED) is 0.549. The van der Waals surface area contributed by atoms with Crippen LogP contribution >= 0.6 is 0 Å². The molecule has 0 bridgehead atoms. The van der Waals surface area contributed by atoms with Crippen LogP contribution in [0.4, 0.5) is 0 Å². The molecule has 0 saturated carbocycles. The maximum Gasteiger partial charge on any atom is 0.312 e. The molecule has 4 heteroatoms. The molecule has 0 aliphatic carbocycles. The Morgan fingerprint density at radius 3 is 2.17 bits per heavy atom. The van der Waals surface area contributed by atoms with E-state index in [1.54, 1.807) is 18.2 Å². The first kappa shape index (κ1) is 19.2. The Labute approximate surface area is 139 Å². The topological polar surface area (TPSA) is 52.6 Å². The summed E-state index contributed by atoms with van der Waals surface area (Å²) in [6, 6.07) is 0. The van der Waals surface area contributed by atoms with Crippen LogP contribution in [0.15, 0.2) is 38.0 Å². The zero-order chi connectivity index (χ0) is 17.1. The molecule has 2 aliphatic rings. The van der Waals surface area contributed by atoms with Gasteiger partial charge in [0.25, 0.3) is 0 Å². The van der Waals surface area contributed by atoms with Gasteiger partial charge in [-0.15, -0.1) is 19.7 Å². The lowest BCUT2D eigenvalue weighted by Crippen LogP contribution is -2.36. The third-order valence-electron chi connectivity index (χ3n) is 4.26. The van der Waals surface area contributed by atoms with Crippen molar-refractivity contribution in [2.24, 2.45) is 11.3 Å². The highest BCUT2D eigenvalue weighted by atomic mass is 16.5. The van der Waals surface area contributed by atoms with Crippen LogP contribution in [0, 0.1) is 11.3 Å². The van der Waals surface area contributed by atoms with Gasteiger partial charge in [0, 0.05) is 0 Å². The number of carbonyl (C=O) groups excluding carboxylic acids is 2. The molecule has 2 fully saturated rings. The van der Waals surface area contributed by atoms with Gasteiger partial charge in [-0.3, -0.25) is 9.59 Å². The largest absolute Gasteiger partial charge is 0.465 e. The predicted octanol–water partition coefficient (Wildman–Crippen LogP) is 3.98. The van der Waals surface area contributed by atoms with E-state index in [4.69, 9.17) is 9.47 Å². The van der Waals surface area contributed by atoms with E-state index in [-0.39, 0.29) is 23.3 Å². The van der Waals surface area contributed by atoms with Crippen molar-refractivity contribution < 1.29 is 19.1 Å². The fraction of sp³-hybridized carbons (Fsp3) is 0.579. The Bertz CT molecular complexity index is 429. The van der Waals surface area contributed by atoms with E-state index in [0.717, 1.165) is 32.1 Å². The molecule has 0 radical (unpaired) electrons. The molecular weight excluding hydrogens is 292 g/mol. The molecule has 2 saturated heterocycles. The van der Waals surface area contributed by atoms with Gasteiger partial charge in [-0.05, 0) is 44.9 Å². The minimum atomic E-state index is -0.359. The van der Waals surface area contributed by atoms with E-state index >= 15 is 0 Å². The summed E-state index contributed by atoms with van der Waals surface area (Å²) in [5.74, 6) is -0.0454. The van der Waals surface area contributed by atoms with Gasteiger partial charge in [0.15, 0.2) is 0 Å². The molecule has 1 unspecified atom stereocenters. The molecule has 2 heterocycles. The molecule has 0 aromatic heterocycles. The predicted molar refractivity (Wildman–Crippen MR) is 90.8 cm³/mol. The summed E-state index contributed by atoms with van der Waals surface area (Å²) < 4.78 is 9.92. The highest BCUT2D eigenvalue weighted by Crippen LogP contribution is 2.37. The zero-order valence-electron chi connectivity index (χ0n) is 13.9. The molecule has 0 aromatic carbocycles. The average Bonchev–Trinajstić information content (AvgIpc) is 2.54. The van der Waals surface area contributed by atoms with Crippen LogP contribution in [0.25, 0.3) is 0 Å². The molecule has 2 rings (SSSR count). The summed E-state index contributed by atoms with van der Waals surface area (Å²) in [6.07, 6.45) is 11.3. The van der Waals surface area contributed by atoms with Gasteiger partial charge < -0.3 is 9.47 Å². The first-order valence-electron chi connectivity index (χ1n) is 8.26. The van der Waals surface area contributed by atoms with Crippen molar-refractivity contribution in [2.45, 2.75) is 44.9 Å². The van der Waals surface area contributed by atoms with Gasteiger partial charge >= 0.3 is 11.9 Å². The van der Waals surface area contributed by atoms with Crippen molar-refractivity contribution in [3.8, 4) is 0 Å². The van der Waals surface area contributed by atoms with Gasteiger partial charge in [-0.25, -0.2) is 0 Å². The number of hydrogen-bond donors (Lipinski definition) is 0. The van der Waals surface area contributed by atoms with Crippen molar-refractivity contribution in [3.05, 3.63) is 38.0 Å². The Kier molecular flexibility index (Phi) is 8.38. The molecule has 128 valence electrons. The number of esters is 2. The van der Waals surface area contributed by atoms with Crippen LogP contribution in [0.2, 0.25) is 0 Å². The van der Waals surface area contributed by atoms with Gasteiger partial charge in [0.05, 0.1) is 24.5 Å². The van der Waals surface area contributed by atoms with Gasteiger partial charge in [-0.2, -0.15) is 0 Å². The Hall–Kier alpha value is -1.84. The van der Waals surface area contributed by atoms with Crippen LogP contribution in [0.3, 0.4) is 0 Å². The Balaban J connectivity index is 0.000000238. The molecule has 0 N–H and O–H groups in total. The molecule has 0 spiro atoms. The van der Waals surface area contributed by atoms with Crippen molar-refractivity contribution in [3.63, 3.8) is 0 Å². The molecule has 23 heavy (non-hydrogen) atoms. The first-order chi connectivity index (χ1) is 11.1. The number of ether oxygens (including phenoxy) is 2. The number of hydrogen-bond acceptors (Lipinski definition) is 4. The molecular formula is C19H28O4. The fourth-order valence-electron chi connectivity index (χ4n) is 2.99. The highest BCUT2D eigenvalue weighted by molar-refractivity contribution is 5.78. The smallest absolute Gasteiger partial charge is 0.312 e.